The van der Waals surface area contributed by atoms with Gasteiger partial charge in [-0.2, -0.15) is 0 Å². The van der Waals surface area contributed by atoms with Crippen LogP contribution in [0.4, 0.5) is 8.78 Å². The minimum atomic E-state index is -3.29. The predicted molar refractivity (Wildman–Crippen MR) is 103 cm³/mol. The zero-order valence-corrected chi connectivity index (χ0v) is 17.1. The van der Waals surface area contributed by atoms with Gasteiger partial charge in [-0.25, -0.2) is 21.8 Å². The number of hydroxylamine groups is 1. The van der Waals surface area contributed by atoms with E-state index in [1.54, 1.807) is 5.48 Å². The van der Waals surface area contributed by atoms with E-state index in [-0.39, 0.29) is 35.1 Å². The number of fused-ring (bicyclic) bond motifs is 1. The molecule has 0 saturated carbocycles. The van der Waals surface area contributed by atoms with Crippen LogP contribution in [0.25, 0.3) is 0 Å². The van der Waals surface area contributed by atoms with Crippen molar-refractivity contribution < 1.29 is 31.8 Å². The molecule has 0 bridgehead atoms. The number of nitrogens with one attached hydrogen (secondary N) is 2. The maximum absolute atomic E-state index is 14.3. The summed E-state index contributed by atoms with van der Waals surface area (Å²) in [7, 11) is -3.29. The minimum Gasteiger partial charge on any atom is -0.353 e. The first-order valence-corrected chi connectivity index (χ1v) is 11.2. The number of hydrogen-bond donors (Lipinski definition) is 4. The molecule has 0 saturated heterocycles. The van der Waals surface area contributed by atoms with Crippen LogP contribution in [0.2, 0.25) is 0 Å². The van der Waals surface area contributed by atoms with Crippen LogP contribution in [-0.4, -0.2) is 54.2 Å². The molecular formula is C17H20F2N6O5S. The Kier molecular flexibility index (Phi) is 6.62. The number of nitrogens with two attached hydrogens (primary N) is 1. The van der Waals surface area contributed by atoms with Gasteiger partial charge in [0.25, 0.3) is 0 Å². The molecule has 1 aromatic carbocycles. The summed E-state index contributed by atoms with van der Waals surface area (Å²) >= 11 is 0. The number of sulfone groups is 1. The minimum absolute atomic E-state index is 0.0635. The maximum atomic E-state index is 14.3. The lowest BCUT2D eigenvalue weighted by molar-refractivity contribution is -0.122. The lowest BCUT2D eigenvalue weighted by Crippen LogP contribution is -2.38. The Labute approximate surface area is 175 Å². The van der Waals surface area contributed by atoms with Gasteiger partial charge < -0.3 is 11.1 Å². The van der Waals surface area contributed by atoms with E-state index in [0.717, 1.165) is 12.3 Å². The van der Waals surface area contributed by atoms with Crippen molar-refractivity contribution in [2.75, 3.05) is 18.6 Å². The summed E-state index contributed by atoms with van der Waals surface area (Å²) in [5.74, 6) is -3.41. The van der Waals surface area contributed by atoms with E-state index in [0.29, 0.717) is 18.4 Å². The van der Waals surface area contributed by atoms with Crippen molar-refractivity contribution in [2.45, 2.75) is 24.9 Å². The van der Waals surface area contributed by atoms with Crippen LogP contribution in [0.1, 0.15) is 41.0 Å². The molecule has 11 nitrogen and oxygen atoms in total. The van der Waals surface area contributed by atoms with Crippen LogP contribution in [0.3, 0.4) is 0 Å². The fourth-order valence-electron chi connectivity index (χ4n) is 3.21. The van der Waals surface area contributed by atoms with Crippen LogP contribution in [0.15, 0.2) is 21.8 Å². The first kappa shape index (κ1) is 22.7. The van der Waals surface area contributed by atoms with Gasteiger partial charge in [0, 0.05) is 18.4 Å². The van der Waals surface area contributed by atoms with Crippen molar-refractivity contribution in [2.24, 2.45) is 10.7 Å². The Hall–Kier alpha value is -2.97. The van der Waals surface area contributed by atoms with Gasteiger partial charge in [-0.15, -0.1) is 0 Å². The molecule has 0 spiro atoms. The topological polar surface area (TPSA) is 173 Å². The van der Waals surface area contributed by atoms with Crippen LogP contribution < -0.4 is 16.5 Å². The summed E-state index contributed by atoms with van der Waals surface area (Å²) in [4.78, 5) is 16.4. The number of carbonyl (C=O) groups is 1. The molecule has 14 heteroatoms. The predicted octanol–water partition coefficient (Wildman–Crippen LogP) is -0.0787. The van der Waals surface area contributed by atoms with Crippen LogP contribution >= 0.6 is 0 Å². The standard InChI is InChI=1S/C17H20F2N6O5S/c1-31(28,29)7-6-21-17(26)13(20)14-15(25-30-24-14)16(23-27)22-10-5-3-8-2-4-9(18)12(19)11(8)10/h2,4,10,13,27H,3,5-7,20H2,1H3,(H,21,26)(H,22,23). The highest BCUT2D eigenvalue weighted by Crippen LogP contribution is 2.37. The summed E-state index contributed by atoms with van der Waals surface area (Å²) in [5, 5.41) is 19.0. The molecular weight excluding hydrogens is 438 g/mol. The Morgan fingerprint density at radius 1 is 1.42 bits per heavy atom. The molecule has 2 unspecified atom stereocenters. The van der Waals surface area contributed by atoms with E-state index in [1.165, 1.54) is 6.07 Å². The second kappa shape index (κ2) is 9.03. The molecule has 168 valence electrons. The van der Waals surface area contributed by atoms with Gasteiger partial charge in [-0.05, 0) is 29.6 Å². The number of rotatable bonds is 7. The van der Waals surface area contributed by atoms with E-state index >= 15 is 0 Å². The lowest BCUT2D eigenvalue weighted by atomic mass is 10.1. The number of amides is 1. The molecule has 0 aliphatic heterocycles. The number of aliphatic imine (C=N–C) groups is 1. The normalized spacial score (nSPS) is 17.3. The van der Waals surface area contributed by atoms with Crippen molar-refractivity contribution in [3.8, 4) is 0 Å². The summed E-state index contributed by atoms with van der Waals surface area (Å²) < 4.78 is 54.9. The van der Waals surface area contributed by atoms with Gasteiger partial charge in [0.1, 0.15) is 21.6 Å². The number of benzene rings is 1. The third kappa shape index (κ3) is 5.03. The maximum Gasteiger partial charge on any atom is 0.243 e. The van der Waals surface area contributed by atoms with Crippen molar-refractivity contribution in [3.05, 3.63) is 46.3 Å². The molecule has 1 aromatic heterocycles. The molecule has 3 rings (SSSR count). The number of halogens is 2. The molecule has 1 aliphatic rings. The smallest absolute Gasteiger partial charge is 0.243 e. The number of nitrogens with zero attached hydrogens (tertiary/aromatic N) is 3. The van der Waals surface area contributed by atoms with E-state index < -0.39 is 39.5 Å². The molecule has 2 atom stereocenters. The number of aromatic nitrogens is 2. The van der Waals surface area contributed by atoms with Gasteiger partial charge >= 0.3 is 0 Å². The highest BCUT2D eigenvalue weighted by atomic mass is 32.2. The van der Waals surface area contributed by atoms with Gasteiger partial charge in [-0.3, -0.25) is 20.5 Å². The van der Waals surface area contributed by atoms with E-state index in [4.69, 9.17) is 5.73 Å². The first-order valence-electron chi connectivity index (χ1n) is 9.11. The van der Waals surface area contributed by atoms with Gasteiger partial charge in [-0.1, -0.05) is 11.2 Å². The largest absolute Gasteiger partial charge is 0.353 e. The van der Waals surface area contributed by atoms with Crippen molar-refractivity contribution in [1.29, 1.82) is 0 Å². The van der Waals surface area contributed by atoms with Gasteiger partial charge in [0.15, 0.2) is 23.2 Å². The highest BCUT2D eigenvalue weighted by molar-refractivity contribution is 7.90. The van der Waals surface area contributed by atoms with Crippen LogP contribution in [-0.2, 0) is 21.1 Å². The zero-order valence-electron chi connectivity index (χ0n) is 16.3. The summed E-state index contributed by atoms with van der Waals surface area (Å²) in [6, 6.07) is 0.246. The van der Waals surface area contributed by atoms with Gasteiger partial charge in [0.2, 0.25) is 5.91 Å². The summed E-state index contributed by atoms with van der Waals surface area (Å²) in [5.41, 5.74) is 7.90. The van der Waals surface area contributed by atoms with Crippen LogP contribution in [0, 0.1) is 11.6 Å². The summed E-state index contributed by atoms with van der Waals surface area (Å²) in [6.07, 6.45) is 1.81. The number of amidine groups is 1. The monoisotopic (exact) mass is 458 g/mol. The average molecular weight is 458 g/mol. The lowest BCUT2D eigenvalue weighted by Gasteiger charge is -2.13. The second-order valence-electron chi connectivity index (χ2n) is 6.97. The summed E-state index contributed by atoms with van der Waals surface area (Å²) in [6.45, 7) is -0.172. The van der Waals surface area contributed by atoms with E-state index in [2.05, 4.69) is 25.3 Å². The Balaban J connectivity index is 1.84. The molecule has 0 radical (unpaired) electrons. The Morgan fingerprint density at radius 3 is 2.84 bits per heavy atom. The fraction of sp³-hybridized carbons (Fsp3) is 0.412. The molecule has 1 aliphatic carbocycles. The molecule has 2 aromatic rings. The van der Waals surface area contributed by atoms with Crippen molar-refractivity contribution in [3.63, 3.8) is 0 Å². The molecule has 1 heterocycles. The van der Waals surface area contributed by atoms with Crippen LogP contribution in [0.5, 0.6) is 0 Å². The van der Waals surface area contributed by atoms with Gasteiger partial charge in [0.05, 0.1) is 11.8 Å². The molecule has 31 heavy (non-hydrogen) atoms. The SMILES string of the molecule is CS(=O)(=O)CCNC(=O)C(N)c1nonc1C(=NC1CCc2ccc(F)c(F)c21)NO. The Bertz CT molecular complexity index is 1120. The molecule has 0 fully saturated rings. The average Bonchev–Trinajstić information content (AvgIpc) is 3.34. The molecule has 5 N–H and O–H groups in total. The first-order chi connectivity index (χ1) is 14.6. The second-order valence-corrected chi connectivity index (χ2v) is 9.23. The van der Waals surface area contributed by atoms with E-state index in [9.17, 15) is 27.2 Å². The number of aryl methyl sites for hydroxylation is 1. The van der Waals surface area contributed by atoms with Crippen molar-refractivity contribution >= 4 is 21.6 Å². The third-order valence-electron chi connectivity index (χ3n) is 4.72. The highest BCUT2D eigenvalue weighted by Gasteiger charge is 2.31. The number of carbonyl (C=O) groups excluding carboxylic acids is 1. The van der Waals surface area contributed by atoms with E-state index in [1.807, 2.05) is 0 Å². The zero-order chi connectivity index (χ0) is 22.8. The molecule has 1 amide bonds. The fourth-order valence-corrected chi connectivity index (χ4v) is 3.68. The third-order valence-corrected chi connectivity index (χ3v) is 5.67. The quantitative estimate of drug-likeness (QED) is 0.251. The Morgan fingerprint density at radius 2 is 2.16 bits per heavy atom. The number of hydrogen-bond acceptors (Lipinski definition) is 9. The van der Waals surface area contributed by atoms with Crippen molar-refractivity contribution in [1.82, 2.24) is 21.1 Å².